The van der Waals surface area contributed by atoms with Crippen LogP contribution < -0.4 is 4.74 Å². The van der Waals surface area contributed by atoms with Crippen molar-refractivity contribution in [2.45, 2.75) is 19.8 Å². The minimum absolute atomic E-state index is 0.461. The van der Waals surface area contributed by atoms with E-state index in [-0.39, 0.29) is 0 Å². The fraction of sp³-hybridized carbons (Fsp3) is 0.429. The van der Waals surface area contributed by atoms with Crippen LogP contribution in [0.25, 0.3) is 0 Å². The van der Waals surface area contributed by atoms with Gasteiger partial charge in [0.1, 0.15) is 18.8 Å². The highest BCUT2D eigenvalue weighted by Gasteiger charge is 2.02. The molecule has 0 aliphatic heterocycles. The molecular weight excluding hydrogens is 228 g/mol. The Kier molecular flexibility index (Phi) is 6.08. The normalized spacial score (nSPS) is 11.1. The third kappa shape index (κ3) is 5.10. The van der Waals surface area contributed by atoms with Gasteiger partial charge in [0, 0.05) is 18.5 Å². The van der Waals surface area contributed by atoms with Crippen molar-refractivity contribution in [3.63, 3.8) is 0 Å². The SMILES string of the molecule is Cc1cc(C/C=C/CC=O)ncc1OCN(C)C. The number of aryl methyl sites for hydroxylation is 1. The summed E-state index contributed by atoms with van der Waals surface area (Å²) >= 11 is 0. The zero-order chi connectivity index (χ0) is 13.4. The molecule has 0 spiro atoms. The topological polar surface area (TPSA) is 42.4 Å². The number of nitrogens with zero attached hydrogens (tertiary/aromatic N) is 2. The largest absolute Gasteiger partial charge is 0.476 e. The average Bonchev–Trinajstić information content (AvgIpc) is 2.33. The maximum absolute atomic E-state index is 10.2. The number of allylic oxidation sites excluding steroid dienone is 2. The molecule has 0 saturated heterocycles. The highest BCUT2D eigenvalue weighted by Crippen LogP contribution is 2.17. The maximum Gasteiger partial charge on any atom is 0.142 e. The van der Waals surface area contributed by atoms with Crippen LogP contribution in [0.5, 0.6) is 5.75 Å². The van der Waals surface area contributed by atoms with Crippen LogP contribution in [0.4, 0.5) is 0 Å². The molecule has 0 saturated carbocycles. The van der Waals surface area contributed by atoms with Gasteiger partial charge in [-0.3, -0.25) is 9.88 Å². The molecule has 0 fully saturated rings. The summed E-state index contributed by atoms with van der Waals surface area (Å²) < 4.78 is 5.60. The molecule has 4 heteroatoms. The van der Waals surface area contributed by atoms with E-state index in [1.165, 1.54) is 0 Å². The van der Waals surface area contributed by atoms with Gasteiger partial charge < -0.3 is 9.53 Å². The molecule has 0 aliphatic rings. The number of hydrogen-bond acceptors (Lipinski definition) is 4. The Morgan fingerprint density at radius 3 is 2.78 bits per heavy atom. The highest BCUT2D eigenvalue weighted by molar-refractivity contribution is 5.51. The van der Waals surface area contributed by atoms with E-state index in [2.05, 4.69) is 4.98 Å². The van der Waals surface area contributed by atoms with Crippen molar-refractivity contribution < 1.29 is 9.53 Å². The molecule has 0 bridgehead atoms. The van der Waals surface area contributed by atoms with Crippen molar-refractivity contribution in [3.05, 3.63) is 35.7 Å². The van der Waals surface area contributed by atoms with Crippen LogP contribution in [0, 0.1) is 6.92 Å². The number of pyridine rings is 1. The first-order valence-electron chi connectivity index (χ1n) is 5.95. The summed E-state index contributed by atoms with van der Waals surface area (Å²) in [5.74, 6) is 0.810. The minimum atomic E-state index is 0.461. The summed E-state index contributed by atoms with van der Waals surface area (Å²) in [5.41, 5.74) is 2.05. The van der Waals surface area contributed by atoms with Crippen LogP contribution in [-0.4, -0.2) is 37.0 Å². The van der Waals surface area contributed by atoms with Gasteiger partial charge in [-0.1, -0.05) is 12.2 Å². The van der Waals surface area contributed by atoms with Gasteiger partial charge in [-0.05, 0) is 32.6 Å². The molecular formula is C14H20N2O2. The zero-order valence-corrected chi connectivity index (χ0v) is 11.2. The standard InChI is InChI=1S/C14H20N2O2/c1-12-9-13(7-5-4-6-8-17)15-10-14(12)18-11-16(2)3/h4-5,8-10H,6-7,11H2,1-3H3/b5-4+. The van der Waals surface area contributed by atoms with Gasteiger partial charge in [-0.25, -0.2) is 0 Å². The van der Waals surface area contributed by atoms with Crippen molar-refractivity contribution in [2.24, 2.45) is 0 Å². The monoisotopic (exact) mass is 248 g/mol. The number of carbonyl (C=O) groups excluding carboxylic acids is 1. The summed E-state index contributed by atoms with van der Waals surface area (Å²) in [7, 11) is 3.91. The van der Waals surface area contributed by atoms with Gasteiger partial charge in [0.25, 0.3) is 0 Å². The summed E-state index contributed by atoms with van der Waals surface area (Å²) in [4.78, 5) is 16.4. The van der Waals surface area contributed by atoms with E-state index in [1.54, 1.807) is 6.20 Å². The molecule has 1 rings (SSSR count). The molecule has 0 atom stereocenters. The van der Waals surface area contributed by atoms with E-state index in [9.17, 15) is 4.79 Å². The van der Waals surface area contributed by atoms with Crippen molar-refractivity contribution >= 4 is 6.29 Å². The molecule has 1 aromatic rings. The number of aromatic nitrogens is 1. The van der Waals surface area contributed by atoms with Crippen LogP contribution in [0.15, 0.2) is 24.4 Å². The van der Waals surface area contributed by atoms with E-state index in [0.29, 0.717) is 13.2 Å². The second-order valence-corrected chi connectivity index (χ2v) is 4.37. The first-order chi connectivity index (χ1) is 8.63. The third-order valence-corrected chi connectivity index (χ3v) is 2.32. The quantitative estimate of drug-likeness (QED) is 0.420. The van der Waals surface area contributed by atoms with Crippen molar-refractivity contribution in [1.82, 2.24) is 9.88 Å². The van der Waals surface area contributed by atoms with E-state index in [4.69, 9.17) is 4.74 Å². The van der Waals surface area contributed by atoms with Gasteiger partial charge in [-0.15, -0.1) is 0 Å². The Balaban J connectivity index is 2.58. The summed E-state index contributed by atoms with van der Waals surface area (Å²) in [6.45, 7) is 2.55. The van der Waals surface area contributed by atoms with Gasteiger partial charge in [0.15, 0.2) is 0 Å². The molecule has 1 heterocycles. The second-order valence-electron chi connectivity index (χ2n) is 4.37. The number of hydrogen-bond donors (Lipinski definition) is 0. The Labute approximate surface area is 108 Å². The predicted octanol–water partition coefficient (Wildman–Crippen LogP) is 1.98. The number of ether oxygens (including phenoxy) is 1. The smallest absolute Gasteiger partial charge is 0.142 e. The van der Waals surface area contributed by atoms with Crippen LogP contribution in [-0.2, 0) is 11.2 Å². The third-order valence-electron chi connectivity index (χ3n) is 2.32. The molecule has 0 unspecified atom stereocenters. The fourth-order valence-electron chi connectivity index (χ4n) is 1.42. The predicted molar refractivity (Wildman–Crippen MR) is 71.7 cm³/mol. The molecule has 0 aromatic carbocycles. The molecule has 0 radical (unpaired) electrons. The maximum atomic E-state index is 10.2. The lowest BCUT2D eigenvalue weighted by molar-refractivity contribution is -0.107. The van der Waals surface area contributed by atoms with Crippen molar-refractivity contribution in [1.29, 1.82) is 0 Å². The summed E-state index contributed by atoms with van der Waals surface area (Å²) in [5, 5.41) is 0. The lowest BCUT2D eigenvalue weighted by atomic mass is 10.2. The van der Waals surface area contributed by atoms with E-state index < -0.39 is 0 Å². The van der Waals surface area contributed by atoms with E-state index in [0.717, 1.165) is 29.7 Å². The molecule has 18 heavy (non-hydrogen) atoms. The molecule has 4 nitrogen and oxygen atoms in total. The first-order valence-corrected chi connectivity index (χ1v) is 5.95. The second kappa shape index (κ2) is 7.61. The van der Waals surface area contributed by atoms with Crippen LogP contribution >= 0.6 is 0 Å². The molecule has 1 aromatic heterocycles. The fourth-order valence-corrected chi connectivity index (χ4v) is 1.42. The van der Waals surface area contributed by atoms with Gasteiger partial charge in [0.05, 0.1) is 6.20 Å². The van der Waals surface area contributed by atoms with Crippen LogP contribution in [0.2, 0.25) is 0 Å². The van der Waals surface area contributed by atoms with E-state index >= 15 is 0 Å². The van der Waals surface area contributed by atoms with Crippen molar-refractivity contribution in [3.8, 4) is 5.75 Å². The van der Waals surface area contributed by atoms with Crippen molar-refractivity contribution in [2.75, 3.05) is 20.8 Å². The number of rotatable bonds is 7. The first kappa shape index (κ1) is 14.4. The number of aldehydes is 1. The Morgan fingerprint density at radius 2 is 2.17 bits per heavy atom. The highest BCUT2D eigenvalue weighted by atomic mass is 16.5. The minimum Gasteiger partial charge on any atom is -0.476 e. The Hall–Kier alpha value is -1.68. The Bertz CT molecular complexity index is 414. The molecule has 0 aliphatic carbocycles. The molecule has 0 N–H and O–H groups in total. The summed E-state index contributed by atoms with van der Waals surface area (Å²) in [6, 6.07) is 2.01. The average molecular weight is 248 g/mol. The molecule has 98 valence electrons. The number of carbonyl (C=O) groups is 1. The lowest BCUT2D eigenvalue weighted by Crippen LogP contribution is -2.18. The Morgan fingerprint density at radius 1 is 1.39 bits per heavy atom. The van der Waals surface area contributed by atoms with Crippen LogP contribution in [0.3, 0.4) is 0 Å². The van der Waals surface area contributed by atoms with Crippen LogP contribution in [0.1, 0.15) is 17.7 Å². The summed E-state index contributed by atoms with van der Waals surface area (Å²) in [6.07, 6.45) is 7.64. The van der Waals surface area contributed by atoms with Gasteiger partial charge in [0.2, 0.25) is 0 Å². The zero-order valence-electron chi connectivity index (χ0n) is 11.2. The van der Waals surface area contributed by atoms with Gasteiger partial charge in [-0.2, -0.15) is 0 Å². The lowest BCUT2D eigenvalue weighted by Gasteiger charge is -2.13. The van der Waals surface area contributed by atoms with Gasteiger partial charge >= 0.3 is 0 Å². The van der Waals surface area contributed by atoms with E-state index in [1.807, 2.05) is 44.1 Å². The molecule has 0 amide bonds.